The van der Waals surface area contributed by atoms with Gasteiger partial charge in [0.1, 0.15) is 5.82 Å². The highest BCUT2D eigenvalue weighted by atomic mass is 79.9. The lowest BCUT2D eigenvalue weighted by Gasteiger charge is -2.12. The molecule has 25 heavy (non-hydrogen) atoms. The highest BCUT2D eigenvalue weighted by Crippen LogP contribution is 2.28. The van der Waals surface area contributed by atoms with Crippen LogP contribution in [0.25, 0.3) is 11.3 Å². The van der Waals surface area contributed by atoms with E-state index >= 15 is 0 Å². The zero-order valence-electron chi connectivity index (χ0n) is 13.4. The summed E-state index contributed by atoms with van der Waals surface area (Å²) < 4.78 is 47.4. The largest absolute Gasteiger partial charge is 0.356 e. The molecule has 0 saturated carbocycles. The molecule has 1 aromatic heterocycles. The number of halogens is 2. The molecule has 0 aliphatic rings. The third-order valence-corrected chi connectivity index (χ3v) is 5.57. The van der Waals surface area contributed by atoms with E-state index in [2.05, 4.69) is 25.8 Å². The molecule has 0 aliphatic heterocycles. The molecule has 8 heteroatoms. The summed E-state index contributed by atoms with van der Waals surface area (Å²) >= 11 is 3.14. The molecule has 0 radical (unpaired) electrons. The van der Waals surface area contributed by atoms with Gasteiger partial charge in [-0.25, -0.2) is 12.8 Å². The Kier molecular flexibility index (Phi) is 4.66. The predicted molar refractivity (Wildman–Crippen MR) is 96.3 cm³/mol. The predicted octanol–water partition coefficient (Wildman–Crippen LogP) is 4.66. The van der Waals surface area contributed by atoms with Gasteiger partial charge in [0.05, 0.1) is 16.3 Å². The minimum Gasteiger partial charge on any atom is -0.356 e. The van der Waals surface area contributed by atoms with E-state index in [1.165, 1.54) is 18.2 Å². The van der Waals surface area contributed by atoms with Gasteiger partial charge in [-0.15, -0.1) is 0 Å². The van der Waals surface area contributed by atoms with Gasteiger partial charge in [-0.3, -0.25) is 4.72 Å². The molecule has 0 spiro atoms. The summed E-state index contributed by atoms with van der Waals surface area (Å²) in [7, 11) is -3.97. The molecule has 1 heterocycles. The summed E-state index contributed by atoms with van der Waals surface area (Å²) in [5.74, 6) is -0.207. The molecule has 5 nitrogen and oxygen atoms in total. The number of nitrogens with one attached hydrogen (secondary N) is 1. The van der Waals surface area contributed by atoms with Crippen LogP contribution >= 0.6 is 15.9 Å². The molecule has 0 saturated heterocycles. The number of hydrogen-bond acceptors (Lipinski definition) is 4. The number of nitrogens with zero attached hydrogens (tertiary/aromatic N) is 1. The summed E-state index contributed by atoms with van der Waals surface area (Å²) in [4.78, 5) is 0.0429. The first kappa shape index (κ1) is 17.6. The van der Waals surface area contributed by atoms with Crippen molar-refractivity contribution >= 4 is 31.6 Å². The SMILES string of the molecule is Cc1cc(-c2ccc(C)c(S(=O)(=O)Nc3ccc(Br)cc3F)c2)on1. The van der Waals surface area contributed by atoms with Crippen LogP contribution in [0.5, 0.6) is 0 Å². The summed E-state index contributed by atoms with van der Waals surface area (Å²) in [6.45, 7) is 3.44. The van der Waals surface area contributed by atoms with Crippen molar-refractivity contribution in [2.45, 2.75) is 18.7 Å². The molecule has 0 fully saturated rings. The first-order valence-corrected chi connectivity index (χ1v) is 9.56. The van der Waals surface area contributed by atoms with E-state index in [0.717, 1.165) is 0 Å². The van der Waals surface area contributed by atoms with Crippen LogP contribution in [0, 0.1) is 19.7 Å². The number of benzene rings is 2. The standard InChI is InChI=1S/C17H14BrFN2O3S/c1-10-3-4-12(16-7-11(2)20-24-16)8-17(10)25(22,23)21-15-6-5-13(18)9-14(15)19/h3-9,21H,1-2H3. The van der Waals surface area contributed by atoms with Crippen molar-refractivity contribution in [3.63, 3.8) is 0 Å². The summed E-state index contributed by atoms with van der Waals surface area (Å²) in [5, 5.41) is 3.80. The fourth-order valence-corrected chi connectivity index (χ4v) is 3.99. The number of rotatable bonds is 4. The van der Waals surface area contributed by atoms with Gasteiger partial charge >= 0.3 is 0 Å². The number of hydrogen-bond donors (Lipinski definition) is 1. The molecule has 2 aromatic carbocycles. The van der Waals surface area contributed by atoms with Crippen LogP contribution < -0.4 is 4.72 Å². The molecule has 0 bridgehead atoms. The summed E-state index contributed by atoms with van der Waals surface area (Å²) in [6, 6.07) is 10.7. The smallest absolute Gasteiger partial charge is 0.262 e. The average molecular weight is 425 g/mol. The number of aromatic nitrogens is 1. The van der Waals surface area contributed by atoms with E-state index in [0.29, 0.717) is 27.1 Å². The van der Waals surface area contributed by atoms with E-state index in [4.69, 9.17) is 4.52 Å². The van der Waals surface area contributed by atoms with E-state index in [1.807, 2.05) is 0 Å². The van der Waals surface area contributed by atoms with Crippen molar-refractivity contribution in [2.75, 3.05) is 4.72 Å². The van der Waals surface area contributed by atoms with Crippen molar-refractivity contribution in [3.8, 4) is 11.3 Å². The number of aryl methyl sites for hydroxylation is 2. The summed E-state index contributed by atoms with van der Waals surface area (Å²) in [6.07, 6.45) is 0. The summed E-state index contributed by atoms with van der Waals surface area (Å²) in [5.41, 5.74) is 1.67. The average Bonchev–Trinajstić information content (AvgIpc) is 2.97. The van der Waals surface area contributed by atoms with Crippen LogP contribution in [0.2, 0.25) is 0 Å². The maximum Gasteiger partial charge on any atom is 0.262 e. The van der Waals surface area contributed by atoms with Gasteiger partial charge in [-0.2, -0.15) is 0 Å². The van der Waals surface area contributed by atoms with E-state index in [9.17, 15) is 12.8 Å². The normalized spacial score (nSPS) is 11.5. The highest BCUT2D eigenvalue weighted by molar-refractivity contribution is 9.10. The highest BCUT2D eigenvalue weighted by Gasteiger charge is 2.20. The van der Waals surface area contributed by atoms with E-state index in [1.54, 1.807) is 38.1 Å². The second-order valence-electron chi connectivity index (χ2n) is 5.54. The third-order valence-electron chi connectivity index (χ3n) is 3.57. The second kappa shape index (κ2) is 6.61. The maximum absolute atomic E-state index is 14.0. The van der Waals surface area contributed by atoms with Crippen molar-refractivity contribution in [1.82, 2.24) is 5.16 Å². The van der Waals surface area contributed by atoms with Crippen LogP contribution in [0.1, 0.15) is 11.3 Å². The minimum atomic E-state index is -3.97. The Morgan fingerprint density at radius 1 is 1.12 bits per heavy atom. The van der Waals surface area contributed by atoms with Gasteiger partial charge in [0.25, 0.3) is 10.0 Å². The van der Waals surface area contributed by atoms with Gasteiger partial charge < -0.3 is 4.52 Å². The minimum absolute atomic E-state index is 0.0429. The van der Waals surface area contributed by atoms with Crippen molar-refractivity contribution in [3.05, 3.63) is 64.0 Å². The van der Waals surface area contributed by atoms with Crippen molar-refractivity contribution in [1.29, 1.82) is 0 Å². The molecule has 130 valence electrons. The quantitative estimate of drug-likeness (QED) is 0.660. The fourth-order valence-electron chi connectivity index (χ4n) is 2.31. The Bertz CT molecular complexity index is 1050. The molecule has 0 unspecified atom stereocenters. The Balaban J connectivity index is 2.01. The maximum atomic E-state index is 14.0. The molecule has 1 N–H and O–H groups in total. The van der Waals surface area contributed by atoms with Crippen LogP contribution in [-0.2, 0) is 10.0 Å². The lowest BCUT2D eigenvalue weighted by molar-refractivity contribution is 0.427. The Morgan fingerprint density at radius 3 is 2.52 bits per heavy atom. The van der Waals surface area contributed by atoms with E-state index in [-0.39, 0.29) is 10.6 Å². The van der Waals surface area contributed by atoms with Crippen LogP contribution in [0.3, 0.4) is 0 Å². The van der Waals surface area contributed by atoms with Gasteiger partial charge in [-0.1, -0.05) is 33.2 Å². The molecular weight excluding hydrogens is 411 g/mol. The van der Waals surface area contributed by atoms with Gasteiger partial charge in [0.15, 0.2) is 5.76 Å². The molecular formula is C17H14BrFN2O3S. The van der Waals surface area contributed by atoms with Crippen molar-refractivity contribution < 1.29 is 17.3 Å². The first-order valence-electron chi connectivity index (χ1n) is 7.28. The molecule has 3 rings (SSSR count). The fraction of sp³-hybridized carbons (Fsp3) is 0.118. The zero-order chi connectivity index (χ0) is 18.2. The zero-order valence-corrected chi connectivity index (χ0v) is 15.8. The monoisotopic (exact) mass is 424 g/mol. The van der Waals surface area contributed by atoms with Crippen LogP contribution in [0.15, 0.2) is 56.4 Å². The third kappa shape index (κ3) is 3.74. The molecule has 0 amide bonds. The second-order valence-corrected chi connectivity index (χ2v) is 8.11. The molecule has 3 aromatic rings. The first-order chi connectivity index (χ1) is 11.8. The molecule has 0 atom stereocenters. The number of sulfonamides is 1. The van der Waals surface area contributed by atoms with Gasteiger partial charge in [0.2, 0.25) is 0 Å². The van der Waals surface area contributed by atoms with Crippen molar-refractivity contribution in [2.24, 2.45) is 0 Å². The lowest BCUT2D eigenvalue weighted by atomic mass is 10.1. The van der Waals surface area contributed by atoms with Gasteiger partial charge in [-0.05, 0) is 43.7 Å². The van der Waals surface area contributed by atoms with E-state index < -0.39 is 15.8 Å². The number of anilines is 1. The van der Waals surface area contributed by atoms with Crippen LogP contribution in [-0.4, -0.2) is 13.6 Å². The Labute approximate surface area is 153 Å². The molecule has 0 aliphatic carbocycles. The Hall–Kier alpha value is -2.19. The van der Waals surface area contributed by atoms with Gasteiger partial charge in [0, 0.05) is 16.1 Å². The van der Waals surface area contributed by atoms with Crippen LogP contribution in [0.4, 0.5) is 10.1 Å². The lowest BCUT2D eigenvalue weighted by Crippen LogP contribution is -2.15. The topological polar surface area (TPSA) is 72.2 Å². The Morgan fingerprint density at radius 2 is 1.88 bits per heavy atom.